The molecule has 8 nitrogen and oxygen atoms in total. The zero-order valence-corrected chi connectivity index (χ0v) is 17.1. The fourth-order valence-corrected chi connectivity index (χ4v) is 4.03. The maximum atomic E-state index is 12.9. The summed E-state index contributed by atoms with van der Waals surface area (Å²) in [6.45, 7) is 0.581. The highest BCUT2D eigenvalue weighted by molar-refractivity contribution is 5.90. The van der Waals surface area contributed by atoms with Crippen LogP contribution in [-0.4, -0.2) is 27.4 Å². The molecule has 3 aromatic carbocycles. The van der Waals surface area contributed by atoms with Crippen molar-refractivity contribution in [2.75, 3.05) is 11.9 Å². The van der Waals surface area contributed by atoms with Gasteiger partial charge in [-0.3, -0.25) is 10.1 Å². The minimum Gasteiger partial charge on any atom is -0.438 e. The lowest BCUT2D eigenvalue weighted by Crippen LogP contribution is -2.34. The van der Waals surface area contributed by atoms with Crippen LogP contribution in [-0.2, 0) is 0 Å². The van der Waals surface area contributed by atoms with Crippen molar-refractivity contribution in [2.24, 2.45) is 0 Å². The quantitative estimate of drug-likeness (QED) is 0.328. The molecule has 0 saturated carbocycles. The van der Waals surface area contributed by atoms with E-state index >= 15 is 0 Å². The number of benzene rings is 3. The molecular weight excluding hydrogens is 408 g/mol. The van der Waals surface area contributed by atoms with Gasteiger partial charge in [0, 0.05) is 24.4 Å². The molecule has 1 aliphatic heterocycles. The number of fused-ring (bicyclic) bond motifs is 1. The number of carbonyl (C=O) groups is 1. The number of likely N-dealkylation sites (tertiary alicyclic amines) is 1. The Morgan fingerprint density at radius 1 is 1.06 bits per heavy atom. The van der Waals surface area contributed by atoms with Gasteiger partial charge in [0.05, 0.1) is 4.92 Å². The number of aromatic nitrogens is 1. The number of nitro groups is 1. The van der Waals surface area contributed by atoms with E-state index in [2.05, 4.69) is 10.3 Å². The second kappa shape index (κ2) is 8.14. The van der Waals surface area contributed by atoms with Crippen LogP contribution in [0.3, 0.4) is 0 Å². The third kappa shape index (κ3) is 3.78. The predicted molar refractivity (Wildman–Crippen MR) is 120 cm³/mol. The van der Waals surface area contributed by atoms with Crippen LogP contribution < -0.4 is 5.32 Å². The lowest BCUT2D eigenvalue weighted by molar-refractivity contribution is -0.384. The highest BCUT2D eigenvalue weighted by Crippen LogP contribution is 2.34. The molecule has 32 heavy (non-hydrogen) atoms. The van der Waals surface area contributed by atoms with Crippen LogP contribution in [0, 0.1) is 10.1 Å². The van der Waals surface area contributed by atoms with Crippen molar-refractivity contribution >= 4 is 28.5 Å². The van der Waals surface area contributed by atoms with Gasteiger partial charge in [-0.15, -0.1) is 0 Å². The van der Waals surface area contributed by atoms with Gasteiger partial charge >= 0.3 is 6.03 Å². The molecule has 2 heterocycles. The van der Waals surface area contributed by atoms with Crippen LogP contribution in [0.1, 0.15) is 24.8 Å². The SMILES string of the molecule is O=C(Nc1ccc([N+](=O)[O-])cc1)N1CCCC1c1nc2cc(-c3ccccc3)ccc2o1. The molecule has 4 aromatic rings. The van der Waals surface area contributed by atoms with E-state index in [1.54, 1.807) is 4.90 Å². The van der Waals surface area contributed by atoms with Gasteiger partial charge in [0.15, 0.2) is 5.58 Å². The van der Waals surface area contributed by atoms with Crippen molar-refractivity contribution in [3.05, 3.63) is 88.8 Å². The third-order valence-corrected chi connectivity index (χ3v) is 5.64. The van der Waals surface area contributed by atoms with Gasteiger partial charge in [-0.05, 0) is 48.2 Å². The summed E-state index contributed by atoms with van der Waals surface area (Å²) in [5, 5.41) is 13.6. The molecule has 1 fully saturated rings. The Balaban J connectivity index is 1.36. The summed E-state index contributed by atoms with van der Waals surface area (Å²) in [6, 6.07) is 21.2. The van der Waals surface area contributed by atoms with E-state index in [1.807, 2.05) is 48.5 Å². The lowest BCUT2D eigenvalue weighted by Gasteiger charge is -2.22. The molecule has 0 aliphatic carbocycles. The monoisotopic (exact) mass is 428 g/mol. The number of anilines is 1. The summed E-state index contributed by atoms with van der Waals surface area (Å²) in [5.74, 6) is 0.515. The van der Waals surface area contributed by atoms with Crippen molar-refractivity contribution in [2.45, 2.75) is 18.9 Å². The summed E-state index contributed by atoms with van der Waals surface area (Å²) >= 11 is 0. The van der Waals surface area contributed by atoms with E-state index in [4.69, 9.17) is 4.42 Å². The Kier molecular flexibility index (Phi) is 5.03. The lowest BCUT2D eigenvalue weighted by atomic mass is 10.1. The molecule has 160 valence electrons. The molecule has 0 bridgehead atoms. The molecule has 1 aromatic heterocycles. The van der Waals surface area contributed by atoms with Crippen LogP contribution in [0.15, 0.2) is 77.2 Å². The second-order valence-corrected chi connectivity index (χ2v) is 7.69. The molecule has 2 amide bonds. The summed E-state index contributed by atoms with van der Waals surface area (Å²) in [7, 11) is 0. The van der Waals surface area contributed by atoms with Crippen LogP contribution >= 0.6 is 0 Å². The molecule has 5 rings (SSSR count). The number of hydrogen-bond acceptors (Lipinski definition) is 5. The van der Waals surface area contributed by atoms with Crippen LogP contribution in [0.25, 0.3) is 22.2 Å². The van der Waals surface area contributed by atoms with Crippen LogP contribution in [0.4, 0.5) is 16.2 Å². The standard InChI is InChI=1S/C24H20N4O4/c29-24(25-18-9-11-19(12-10-18)28(30)31)27-14-4-7-21(27)23-26-20-15-17(8-13-22(20)32-23)16-5-2-1-3-6-16/h1-3,5-6,8-13,15,21H,4,7,14H2,(H,25,29). The summed E-state index contributed by atoms with van der Waals surface area (Å²) < 4.78 is 6.01. The number of nitrogens with one attached hydrogen (secondary N) is 1. The minimum atomic E-state index is -0.474. The predicted octanol–water partition coefficient (Wildman–Crippen LogP) is 5.77. The molecule has 1 saturated heterocycles. The summed E-state index contributed by atoms with van der Waals surface area (Å²) in [4.78, 5) is 29.6. The van der Waals surface area contributed by atoms with Gasteiger partial charge in [-0.2, -0.15) is 0 Å². The Hall–Kier alpha value is -4.20. The number of oxazole rings is 1. The van der Waals surface area contributed by atoms with Gasteiger partial charge in [0.25, 0.3) is 5.69 Å². The molecule has 1 N–H and O–H groups in total. The van der Waals surface area contributed by atoms with E-state index in [9.17, 15) is 14.9 Å². The number of amides is 2. The number of hydrogen-bond donors (Lipinski definition) is 1. The number of nitro benzene ring substituents is 1. The maximum absolute atomic E-state index is 12.9. The molecule has 0 radical (unpaired) electrons. The maximum Gasteiger partial charge on any atom is 0.322 e. The van der Waals surface area contributed by atoms with Gasteiger partial charge in [0.1, 0.15) is 11.6 Å². The second-order valence-electron chi connectivity index (χ2n) is 7.69. The van der Waals surface area contributed by atoms with Gasteiger partial charge in [-0.1, -0.05) is 36.4 Å². The third-order valence-electron chi connectivity index (χ3n) is 5.64. The van der Waals surface area contributed by atoms with Crippen molar-refractivity contribution < 1.29 is 14.1 Å². The molecule has 0 spiro atoms. The number of urea groups is 1. The Morgan fingerprint density at radius 3 is 2.59 bits per heavy atom. The normalized spacial score (nSPS) is 15.8. The average Bonchev–Trinajstić information content (AvgIpc) is 3.46. The smallest absolute Gasteiger partial charge is 0.322 e. The van der Waals surface area contributed by atoms with E-state index in [0.29, 0.717) is 23.7 Å². The summed E-state index contributed by atoms with van der Waals surface area (Å²) in [5.41, 5.74) is 4.06. The fourth-order valence-electron chi connectivity index (χ4n) is 4.03. The highest BCUT2D eigenvalue weighted by atomic mass is 16.6. The van der Waals surface area contributed by atoms with E-state index in [0.717, 1.165) is 29.5 Å². The Labute approximate surface area is 183 Å². The number of nitrogens with zero attached hydrogens (tertiary/aromatic N) is 3. The van der Waals surface area contributed by atoms with Crippen molar-refractivity contribution in [3.8, 4) is 11.1 Å². The number of rotatable bonds is 4. The highest BCUT2D eigenvalue weighted by Gasteiger charge is 2.33. The van der Waals surface area contributed by atoms with E-state index in [1.165, 1.54) is 24.3 Å². The first kappa shape index (κ1) is 19.7. The van der Waals surface area contributed by atoms with Crippen molar-refractivity contribution in [1.82, 2.24) is 9.88 Å². The van der Waals surface area contributed by atoms with Gasteiger partial charge < -0.3 is 14.6 Å². The van der Waals surface area contributed by atoms with Crippen LogP contribution in [0.2, 0.25) is 0 Å². The largest absolute Gasteiger partial charge is 0.438 e. The fraction of sp³-hybridized carbons (Fsp3) is 0.167. The zero-order chi connectivity index (χ0) is 22.1. The first-order chi connectivity index (χ1) is 15.6. The molecule has 1 atom stereocenters. The first-order valence-corrected chi connectivity index (χ1v) is 10.4. The van der Waals surface area contributed by atoms with E-state index in [-0.39, 0.29) is 17.8 Å². The van der Waals surface area contributed by atoms with Crippen molar-refractivity contribution in [3.63, 3.8) is 0 Å². The molecule has 8 heteroatoms. The zero-order valence-electron chi connectivity index (χ0n) is 17.1. The molecule has 1 unspecified atom stereocenters. The van der Waals surface area contributed by atoms with Gasteiger partial charge in [-0.25, -0.2) is 9.78 Å². The van der Waals surface area contributed by atoms with E-state index < -0.39 is 4.92 Å². The Bertz CT molecular complexity index is 1280. The first-order valence-electron chi connectivity index (χ1n) is 10.4. The summed E-state index contributed by atoms with van der Waals surface area (Å²) in [6.07, 6.45) is 1.60. The molecule has 1 aliphatic rings. The van der Waals surface area contributed by atoms with Gasteiger partial charge in [0.2, 0.25) is 5.89 Å². The molecular formula is C24H20N4O4. The van der Waals surface area contributed by atoms with Crippen molar-refractivity contribution in [1.29, 1.82) is 0 Å². The minimum absolute atomic E-state index is 0.0246. The topological polar surface area (TPSA) is 102 Å². The number of non-ortho nitro benzene ring substituents is 1. The van der Waals surface area contributed by atoms with Crippen LogP contribution in [0.5, 0.6) is 0 Å². The number of carbonyl (C=O) groups excluding carboxylic acids is 1. The average molecular weight is 428 g/mol. The Morgan fingerprint density at radius 2 is 1.84 bits per heavy atom.